The number of carboxylic acids is 1. The second-order valence-electron chi connectivity index (χ2n) is 4.85. The Morgan fingerprint density at radius 2 is 1.62 bits per heavy atom. The summed E-state index contributed by atoms with van der Waals surface area (Å²) in [5.74, 6) is 1.60. The average Bonchev–Trinajstić information content (AvgIpc) is 2.56. The van der Waals surface area contributed by atoms with Gasteiger partial charge in [-0.15, -0.1) is 0 Å². The van der Waals surface area contributed by atoms with Crippen LogP contribution < -0.4 is 0 Å². The van der Waals surface area contributed by atoms with Crippen LogP contribution in [0.15, 0.2) is 0 Å². The molecule has 0 bridgehead atoms. The Morgan fingerprint density at radius 1 is 1.06 bits per heavy atom. The van der Waals surface area contributed by atoms with Gasteiger partial charge in [0.1, 0.15) is 5.54 Å². The average molecular weight is 243 g/mol. The molecule has 16 heavy (non-hydrogen) atoms. The molecular weight excluding hydrogens is 222 g/mol. The van der Waals surface area contributed by atoms with Gasteiger partial charge < -0.3 is 5.11 Å². The number of rotatable bonds is 2. The van der Waals surface area contributed by atoms with Crippen LogP contribution in [0.1, 0.15) is 38.5 Å². The zero-order valence-electron chi connectivity index (χ0n) is 9.78. The maximum absolute atomic E-state index is 11.7. The van der Waals surface area contributed by atoms with Gasteiger partial charge >= 0.3 is 5.97 Å². The SMILES string of the molecule is O=C(O)C1(N2CCSCC2)CCCCCC1. The number of aliphatic carboxylic acids is 1. The highest BCUT2D eigenvalue weighted by molar-refractivity contribution is 7.99. The molecule has 0 spiro atoms. The molecule has 2 fully saturated rings. The molecule has 4 heteroatoms. The second kappa shape index (κ2) is 5.41. The van der Waals surface area contributed by atoms with Gasteiger partial charge in [0.25, 0.3) is 0 Å². The van der Waals surface area contributed by atoms with E-state index in [9.17, 15) is 9.90 Å². The van der Waals surface area contributed by atoms with Gasteiger partial charge in [-0.3, -0.25) is 9.69 Å². The zero-order chi connectivity index (χ0) is 11.4. The summed E-state index contributed by atoms with van der Waals surface area (Å²) in [6.45, 7) is 1.91. The molecule has 92 valence electrons. The lowest BCUT2D eigenvalue weighted by molar-refractivity contribution is -0.152. The maximum atomic E-state index is 11.7. The summed E-state index contributed by atoms with van der Waals surface area (Å²) in [4.78, 5) is 13.9. The molecule has 0 amide bonds. The maximum Gasteiger partial charge on any atom is 0.324 e. The van der Waals surface area contributed by atoms with Crippen LogP contribution in [-0.4, -0.2) is 46.1 Å². The molecule has 1 aliphatic heterocycles. The first-order valence-electron chi connectivity index (χ1n) is 6.32. The number of carbonyl (C=O) groups is 1. The van der Waals surface area contributed by atoms with Crippen molar-refractivity contribution < 1.29 is 9.90 Å². The van der Waals surface area contributed by atoms with E-state index in [2.05, 4.69) is 4.90 Å². The first-order chi connectivity index (χ1) is 7.76. The lowest BCUT2D eigenvalue weighted by Gasteiger charge is -2.42. The minimum absolute atomic E-state index is 0.530. The van der Waals surface area contributed by atoms with Gasteiger partial charge in [0, 0.05) is 24.6 Å². The van der Waals surface area contributed by atoms with Crippen LogP contribution in [-0.2, 0) is 4.79 Å². The Labute approximate surface area is 102 Å². The van der Waals surface area contributed by atoms with Gasteiger partial charge in [-0.25, -0.2) is 0 Å². The predicted octanol–water partition coefficient (Wildman–Crippen LogP) is 2.21. The molecule has 0 aromatic rings. The molecule has 0 aromatic carbocycles. The number of carboxylic acid groups (broad SMARTS) is 1. The van der Waals surface area contributed by atoms with E-state index in [-0.39, 0.29) is 0 Å². The first kappa shape index (κ1) is 12.2. The van der Waals surface area contributed by atoms with E-state index in [0.29, 0.717) is 0 Å². The highest BCUT2D eigenvalue weighted by atomic mass is 32.2. The van der Waals surface area contributed by atoms with Gasteiger partial charge in [0.05, 0.1) is 0 Å². The third-order valence-electron chi connectivity index (χ3n) is 3.95. The monoisotopic (exact) mass is 243 g/mol. The summed E-state index contributed by atoms with van der Waals surface area (Å²) in [5.41, 5.74) is -0.530. The Balaban J connectivity index is 2.14. The summed E-state index contributed by atoms with van der Waals surface area (Å²) in [5, 5.41) is 9.62. The summed E-state index contributed by atoms with van der Waals surface area (Å²) in [6, 6.07) is 0. The molecule has 1 N–H and O–H groups in total. The zero-order valence-corrected chi connectivity index (χ0v) is 10.6. The summed E-state index contributed by atoms with van der Waals surface area (Å²) in [7, 11) is 0. The largest absolute Gasteiger partial charge is 0.480 e. The van der Waals surface area contributed by atoms with Crippen LogP contribution in [0.2, 0.25) is 0 Å². The Hall–Kier alpha value is -0.220. The summed E-state index contributed by atoms with van der Waals surface area (Å²) < 4.78 is 0. The van der Waals surface area contributed by atoms with Crippen molar-refractivity contribution in [3.8, 4) is 0 Å². The third kappa shape index (κ3) is 2.38. The van der Waals surface area contributed by atoms with Crippen molar-refractivity contribution in [2.75, 3.05) is 24.6 Å². The molecule has 0 radical (unpaired) electrons. The topological polar surface area (TPSA) is 40.5 Å². The van der Waals surface area contributed by atoms with E-state index in [1.165, 1.54) is 12.8 Å². The van der Waals surface area contributed by atoms with Crippen molar-refractivity contribution >= 4 is 17.7 Å². The molecule has 3 nitrogen and oxygen atoms in total. The fraction of sp³-hybridized carbons (Fsp3) is 0.917. The molecule has 1 saturated carbocycles. The molecule has 1 aliphatic carbocycles. The summed E-state index contributed by atoms with van der Waals surface area (Å²) >= 11 is 1.94. The molecule has 2 rings (SSSR count). The molecule has 0 unspecified atom stereocenters. The van der Waals surface area contributed by atoms with Crippen molar-refractivity contribution in [3.63, 3.8) is 0 Å². The Kier molecular flexibility index (Phi) is 4.14. The van der Waals surface area contributed by atoms with E-state index < -0.39 is 11.5 Å². The standard InChI is InChI=1S/C12H21NO2S/c14-11(15)12(5-3-1-2-4-6-12)13-7-9-16-10-8-13/h1-10H2,(H,14,15). The highest BCUT2D eigenvalue weighted by Crippen LogP contribution is 2.34. The number of hydrogen-bond donors (Lipinski definition) is 1. The predicted molar refractivity (Wildman–Crippen MR) is 67.0 cm³/mol. The van der Waals surface area contributed by atoms with Crippen molar-refractivity contribution in [1.82, 2.24) is 4.90 Å². The van der Waals surface area contributed by atoms with Gasteiger partial charge in [0.2, 0.25) is 0 Å². The highest BCUT2D eigenvalue weighted by Gasteiger charge is 2.44. The van der Waals surface area contributed by atoms with Crippen molar-refractivity contribution in [1.29, 1.82) is 0 Å². The van der Waals surface area contributed by atoms with Crippen LogP contribution in [0.5, 0.6) is 0 Å². The summed E-state index contributed by atoms with van der Waals surface area (Å²) in [6.07, 6.45) is 6.28. The van der Waals surface area contributed by atoms with Crippen molar-refractivity contribution in [3.05, 3.63) is 0 Å². The quantitative estimate of drug-likeness (QED) is 0.755. The number of hydrogen-bond acceptors (Lipinski definition) is 3. The van der Waals surface area contributed by atoms with Crippen LogP contribution in [0.25, 0.3) is 0 Å². The van der Waals surface area contributed by atoms with Crippen LogP contribution in [0, 0.1) is 0 Å². The third-order valence-corrected chi connectivity index (χ3v) is 4.89. The van der Waals surface area contributed by atoms with Crippen molar-refractivity contribution in [2.24, 2.45) is 0 Å². The molecule has 1 heterocycles. The lowest BCUT2D eigenvalue weighted by atomic mass is 9.88. The van der Waals surface area contributed by atoms with Gasteiger partial charge in [-0.05, 0) is 12.8 Å². The normalized spacial score (nSPS) is 27.2. The fourth-order valence-corrected chi connectivity index (χ4v) is 3.87. The minimum Gasteiger partial charge on any atom is -0.480 e. The molecule has 1 saturated heterocycles. The van der Waals surface area contributed by atoms with Gasteiger partial charge in [0.15, 0.2) is 0 Å². The smallest absolute Gasteiger partial charge is 0.324 e. The van der Waals surface area contributed by atoms with Crippen LogP contribution >= 0.6 is 11.8 Å². The van der Waals surface area contributed by atoms with E-state index in [4.69, 9.17) is 0 Å². The minimum atomic E-state index is -0.582. The fourth-order valence-electron chi connectivity index (χ4n) is 2.97. The second-order valence-corrected chi connectivity index (χ2v) is 6.08. The van der Waals surface area contributed by atoms with E-state index in [0.717, 1.165) is 50.3 Å². The molecule has 0 atom stereocenters. The number of nitrogens with zero attached hydrogens (tertiary/aromatic N) is 1. The van der Waals surface area contributed by atoms with Crippen LogP contribution in [0.4, 0.5) is 0 Å². The van der Waals surface area contributed by atoms with Crippen LogP contribution in [0.3, 0.4) is 0 Å². The van der Waals surface area contributed by atoms with Gasteiger partial charge in [-0.1, -0.05) is 25.7 Å². The van der Waals surface area contributed by atoms with Gasteiger partial charge in [-0.2, -0.15) is 11.8 Å². The lowest BCUT2D eigenvalue weighted by Crippen LogP contribution is -2.57. The van der Waals surface area contributed by atoms with E-state index >= 15 is 0 Å². The van der Waals surface area contributed by atoms with E-state index in [1.54, 1.807) is 0 Å². The Bertz CT molecular complexity index is 243. The van der Waals surface area contributed by atoms with E-state index in [1.807, 2.05) is 11.8 Å². The van der Waals surface area contributed by atoms with Crippen molar-refractivity contribution in [2.45, 2.75) is 44.1 Å². The molecule has 0 aromatic heterocycles. The first-order valence-corrected chi connectivity index (χ1v) is 7.47. The Morgan fingerprint density at radius 3 is 2.12 bits per heavy atom. The molecular formula is C12H21NO2S. The number of thioether (sulfide) groups is 1. The molecule has 2 aliphatic rings.